The molecule has 0 heterocycles. The summed E-state index contributed by atoms with van der Waals surface area (Å²) in [5.41, 5.74) is 1.32. The van der Waals surface area contributed by atoms with Crippen LogP contribution in [0.15, 0.2) is 12.1 Å². The largest absolute Gasteiger partial charge is 0.493 e. The molecule has 0 fully saturated rings. The van der Waals surface area contributed by atoms with Crippen LogP contribution in [-0.2, 0) is 12.0 Å². The average Bonchev–Trinajstić information content (AvgIpc) is 2.26. The molecule has 1 N–H and O–H groups in total. The lowest BCUT2D eigenvalue weighted by molar-refractivity contribution is 0.00556. The van der Waals surface area contributed by atoms with Gasteiger partial charge in [0.25, 0.3) is 0 Å². The topological polar surface area (TPSA) is 38.7 Å². The van der Waals surface area contributed by atoms with Gasteiger partial charge in [-0.05, 0) is 18.1 Å². The fourth-order valence-corrected chi connectivity index (χ4v) is 2.22. The minimum Gasteiger partial charge on any atom is -0.493 e. The Morgan fingerprint density at radius 2 is 2.07 bits per heavy atom. The second-order valence-electron chi connectivity index (χ2n) is 3.90. The van der Waals surface area contributed by atoms with E-state index in [4.69, 9.17) is 9.47 Å². The Morgan fingerprint density at radius 1 is 1.33 bits per heavy atom. The highest BCUT2D eigenvalue weighted by atomic mass is 16.5. The number of hydrogen-bond acceptors (Lipinski definition) is 3. The molecule has 15 heavy (non-hydrogen) atoms. The zero-order valence-electron chi connectivity index (χ0n) is 9.33. The van der Waals surface area contributed by atoms with E-state index in [0.717, 1.165) is 11.1 Å². The van der Waals surface area contributed by atoms with Crippen molar-refractivity contribution in [3.05, 3.63) is 23.3 Å². The smallest absolute Gasteiger partial charge is 0.167 e. The van der Waals surface area contributed by atoms with Crippen molar-refractivity contribution in [1.82, 2.24) is 0 Å². The standard InChI is InChI=1S/C12H16O3/c1-4-12(13)7-8-5-6-9(14-2)11(15-3)10(8)12/h5-6,13H,4,7H2,1-3H3. The van der Waals surface area contributed by atoms with Crippen LogP contribution in [0.2, 0.25) is 0 Å². The van der Waals surface area contributed by atoms with Crippen molar-refractivity contribution in [1.29, 1.82) is 0 Å². The lowest BCUT2D eigenvalue weighted by atomic mass is 9.71. The van der Waals surface area contributed by atoms with Gasteiger partial charge in [0.15, 0.2) is 11.5 Å². The highest BCUT2D eigenvalue weighted by Gasteiger charge is 2.43. The third kappa shape index (κ3) is 1.30. The Labute approximate surface area is 89.6 Å². The van der Waals surface area contributed by atoms with Crippen LogP contribution in [0.3, 0.4) is 0 Å². The lowest BCUT2D eigenvalue weighted by Crippen LogP contribution is -2.38. The molecule has 0 aliphatic heterocycles. The summed E-state index contributed by atoms with van der Waals surface area (Å²) in [5.74, 6) is 1.36. The van der Waals surface area contributed by atoms with E-state index in [-0.39, 0.29) is 0 Å². The number of rotatable bonds is 3. The van der Waals surface area contributed by atoms with Gasteiger partial charge in [-0.25, -0.2) is 0 Å². The van der Waals surface area contributed by atoms with Crippen LogP contribution in [0.4, 0.5) is 0 Å². The molecular weight excluding hydrogens is 192 g/mol. The van der Waals surface area contributed by atoms with Crippen molar-refractivity contribution in [2.75, 3.05) is 14.2 Å². The molecule has 0 amide bonds. The van der Waals surface area contributed by atoms with Crippen molar-refractivity contribution < 1.29 is 14.6 Å². The van der Waals surface area contributed by atoms with Crippen LogP contribution >= 0.6 is 0 Å². The predicted octanol–water partition coefficient (Wildman–Crippen LogP) is 1.86. The van der Waals surface area contributed by atoms with Gasteiger partial charge in [0.1, 0.15) is 0 Å². The summed E-state index contributed by atoms with van der Waals surface area (Å²) in [5, 5.41) is 10.3. The Balaban J connectivity index is 2.55. The molecule has 1 aliphatic carbocycles. The highest BCUT2D eigenvalue weighted by molar-refractivity contribution is 5.58. The molecule has 0 saturated carbocycles. The predicted molar refractivity (Wildman–Crippen MR) is 57.4 cm³/mol. The zero-order valence-corrected chi connectivity index (χ0v) is 9.33. The van der Waals surface area contributed by atoms with E-state index >= 15 is 0 Å². The number of benzene rings is 1. The fourth-order valence-electron chi connectivity index (χ4n) is 2.22. The summed E-state index contributed by atoms with van der Waals surface area (Å²) in [6, 6.07) is 3.87. The molecule has 0 bridgehead atoms. The Bertz CT molecular complexity index is 387. The maximum absolute atomic E-state index is 10.3. The highest BCUT2D eigenvalue weighted by Crippen LogP contribution is 2.50. The van der Waals surface area contributed by atoms with Gasteiger partial charge in [-0.1, -0.05) is 13.0 Å². The van der Waals surface area contributed by atoms with Crippen LogP contribution in [0.5, 0.6) is 11.5 Å². The summed E-state index contributed by atoms with van der Waals surface area (Å²) in [6.45, 7) is 1.97. The summed E-state index contributed by atoms with van der Waals surface area (Å²) in [7, 11) is 3.21. The molecule has 1 atom stereocenters. The Kier molecular flexibility index (Phi) is 2.35. The first-order valence-electron chi connectivity index (χ1n) is 5.13. The van der Waals surface area contributed by atoms with Gasteiger partial charge in [-0.3, -0.25) is 0 Å². The van der Waals surface area contributed by atoms with E-state index in [9.17, 15) is 5.11 Å². The SMILES string of the molecule is CCC1(O)Cc2ccc(OC)c(OC)c21. The summed E-state index contributed by atoms with van der Waals surface area (Å²) >= 11 is 0. The first-order valence-corrected chi connectivity index (χ1v) is 5.13. The number of aliphatic hydroxyl groups is 1. The van der Waals surface area contributed by atoms with Crippen LogP contribution in [0.1, 0.15) is 24.5 Å². The van der Waals surface area contributed by atoms with E-state index in [2.05, 4.69) is 0 Å². The van der Waals surface area contributed by atoms with E-state index in [1.807, 2.05) is 19.1 Å². The van der Waals surface area contributed by atoms with Gasteiger partial charge in [-0.15, -0.1) is 0 Å². The lowest BCUT2D eigenvalue weighted by Gasteiger charge is -2.40. The molecule has 1 aliphatic rings. The number of fused-ring (bicyclic) bond motifs is 1. The number of methoxy groups -OCH3 is 2. The van der Waals surface area contributed by atoms with Crippen LogP contribution in [0.25, 0.3) is 0 Å². The summed E-state index contributed by atoms with van der Waals surface area (Å²) < 4.78 is 10.5. The molecule has 0 spiro atoms. The first kappa shape index (κ1) is 10.3. The van der Waals surface area contributed by atoms with Crippen LogP contribution in [0, 0.1) is 0 Å². The molecule has 1 unspecified atom stereocenters. The van der Waals surface area contributed by atoms with Crippen molar-refractivity contribution >= 4 is 0 Å². The quantitative estimate of drug-likeness (QED) is 0.824. The number of hydrogen-bond donors (Lipinski definition) is 1. The van der Waals surface area contributed by atoms with Crippen molar-refractivity contribution in [2.24, 2.45) is 0 Å². The van der Waals surface area contributed by atoms with Gasteiger partial charge in [-0.2, -0.15) is 0 Å². The van der Waals surface area contributed by atoms with Crippen molar-refractivity contribution in [3.63, 3.8) is 0 Å². The molecule has 1 aromatic rings. The molecule has 2 rings (SSSR count). The van der Waals surface area contributed by atoms with Gasteiger partial charge in [0, 0.05) is 12.0 Å². The van der Waals surface area contributed by atoms with E-state index < -0.39 is 5.60 Å². The average molecular weight is 208 g/mol. The maximum Gasteiger partial charge on any atom is 0.167 e. The van der Waals surface area contributed by atoms with Crippen LogP contribution in [-0.4, -0.2) is 19.3 Å². The van der Waals surface area contributed by atoms with Gasteiger partial charge >= 0.3 is 0 Å². The fraction of sp³-hybridized carbons (Fsp3) is 0.500. The van der Waals surface area contributed by atoms with E-state index in [1.165, 1.54) is 0 Å². The Hall–Kier alpha value is -1.22. The second-order valence-corrected chi connectivity index (χ2v) is 3.90. The van der Waals surface area contributed by atoms with Gasteiger partial charge in [0.2, 0.25) is 0 Å². The molecule has 3 nitrogen and oxygen atoms in total. The molecule has 82 valence electrons. The Morgan fingerprint density at radius 3 is 2.60 bits per heavy atom. The summed E-state index contributed by atoms with van der Waals surface area (Å²) in [6.07, 6.45) is 1.41. The van der Waals surface area contributed by atoms with Gasteiger partial charge < -0.3 is 14.6 Å². The molecule has 0 aromatic heterocycles. The van der Waals surface area contributed by atoms with Crippen molar-refractivity contribution in [2.45, 2.75) is 25.4 Å². The molecule has 1 aromatic carbocycles. The van der Waals surface area contributed by atoms with Crippen molar-refractivity contribution in [3.8, 4) is 11.5 Å². The second kappa shape index (κ2) is 3.42. The maximum atomic E-state index is 10.3. The van der Waals surface area contributed by atoms with Crippen LogP contribution < -0.4 is 9.47 Å². The molecule has 3 heteroatoms. The first-order chi connectivity index (χ1) is 7.16. The minimum absolute atomic E-state index is 0.672. The third-order valence-electron chi connectivity index (χ3n) is 3.17. The van der Waals surface area contributed by atoms with Gasteiger partial charge in [0.05, 0.1) is 19.8 Å². The molecule has 0 saturated heterocycles. The third-order valence-corrected chi connectivity index (χ3v) is 3.17. The normalized spacial score (nSPS) is 22.9. The molecule has 0 radical (unpaired) electrons. The zero-order chi connectivity index (χ0) is 11.1. The summed E-state index contributed by atoms with van der Waals surface area (Å²) in [4.78, 5) is 0. The van der Waals surface area contributed by atoms with E-state index in [1.54, 1.807) is 14.2 Å². The monoisotopic (exact) mass is 208 g/mol. The number of ether oxygens (including phenoxy) is 2. The van der Waals surface area contributed by atoms with E-state index in [0.29, 0.717) is 24.3 Å². The minimum atomic E-state index is -0.727. The molecular formula is C12H16O3.